The van der Waals surface area contributed by atoms with E-state index >= 15 is 0 Å². The van der Waals surface area contributed by atoms with Crippen molar-refractivity contribution in [1.82, 2.24) is 9.88 Å². The van der Waals surface area contributed by atoms with E-state index in [4.69, 9.17) is 15.2 Å². The van der Waals surface area contributed by atoms with E-state index in [0.717, 1.165) is 52.8 Å². The second kappa shape index (κ2) is 6.65. The summed E-state index contributed by atoms with van der Waals surface area (Å²) in [7, 11) is 1.69. The van der Waals surface area contributed by atoms with Gasteiger partial charge in [-0.25, -0.2) is 4.79 Å². The zero-order chi connectivity index (χ0) is 20.0. The Labute approximate surface area is 169 Å². The molecule has 0 bridgehead atoms. The molecule has 0 atom stereocenters. The molecule has 1 saturated heterocycles. The minimum atomic E-state index is -0.352. The number of piperidine rings is 1. The van der Waals surface area contributed by atoms with Crippen molar-refractivity contribution in [2.75, 3.05) is 20.2 Å². The molecule has 2 aliphatic rings. The Morgan fingerprint density at radius 3 is 2.79 bits per heavy atom. The molecule has 1 aromatic heterocycles. The van der Waals surface area contributed by atoms with Gasteiger partial charge in [0.2, 0.25) is 0 Å². The smallest absolute Gasteiger partial charge is 0.314 e. The maximum Gasteiger partial charge on any atom is 0.314 e. The van der Waals surface area contributed by atoms with Crippen molar-refractivity contribution in [2.45, 2.75) is 24.9 Å². The third-order valence-electron chi connectivity index (χ3n) is 6.13. The summed E-state index contributed by atoms with van der Waals surface area (Å²) in [4.78, 5) is 17.6. The fourth-order valence-electron chi connectivity index (χ4n) is 4.57. The van der Waals surface area contributed by atoms with Gasteiger partial charge >= 0.3 is 6.03 Å². The number of hydrogen-bond acceptors (Lipinski definition) is 4. The monoisotopic (exact) mass is 389 g/mol. The third-order valence-corrected chi connectivity index (χ3v) is 6.13. The van der Waals surface area contributed by atoms with Crippen LogP contribution in [0.4, 0.5) is 4.79 Å². The first-order valence-corrected chi connectivity index (χ1v) is 9.87. The lowest BCUT2D eigenvalue weighted by atomic mass is 9.86. The Hall–Kier alpha value is -3.28. The summed E-state index contributed by atoms with van der Waals surface area (Å²) in [6, 6.07) is 14.1. The van der Waals surface area contributed by atoms with Gasteiger partial charge in [-0.05, 0) is 35.4 Å². The van der Waals surface area contributed by atoms with Gasteiger partial charge in [-0.15, -0.1) is 0 Å². The number of hydrogen-bond donors (Lipinski definition) is 1. The van der Waals surface area contributed by atoms with Gasteiger partial charge < -0.3 is 20.1 Å². The molecule has 2 N–H and O–H groups in total. The number of urea groups is 1. The van der Waals surface area contributed by atoms with Gasteiger partial charge in [0.25, 0.3) is 0 Å². The topological polar surface area (TPSA) is 77.7 Å². The zero-order valence-corrected chi connectivity index (χ0v) is 16.4. The van der Waals surface area contributed by atoms with E-state index in [0.29, 0.717) is 13.1 Å². The molecule has 148 valence electrons. The molecule has 29 heavy (non-hydrogen) atoms. The lowest BCUT2D eigenvalue weighted by molar-refractivity contribution is 0.0314. The van der Waals surface area contributed by atoms with Gasteiger partial charge in [0, 0.05) is 49.5 Å². The normalized spacial score (nSPS) is 17.2. The Morgan fingerprint density at radius 1 is 1.21 bits per heavy atom. The number of carbonyl (C=O) groups excluding carboxylic acids is 1. The van der Waals surface area contributed by atoms with Gasteiger partial charge in [0.15, 0.2) is 5.75 Å². The Kier molecular flexibility index (Phi) is 4.08. The second-order valence-corrected chi connectivity index (χ2v) is 7.83. The van der Waals surface area contributed by atoms with Gasteiger partial charge in [-0.1, -0.05) is 18.2 Å². The number of likely N-dealkylation sites (tertiary alicyclic amines) is 1. The van der Waals surface area contributed by atoms with E-state index in [1.807, 2.05) is 18.2 Å². The van der Waals surface area contributed by atoms with Crippen LogP contribution in [0.1, 0.15) is 18.4 Å². The molecule has 2 amide bonds. The van der Waals surface area contributed by atoms with Crippen LogP contribution in [-0.4, -0.2) is 41.7 Å². The second-order valence-electron chi connectivity index (χ2n) is 7.83. The summed E-state index contributed by atoms with van der Waals surface area (Å²) in [5.74, 6) is 1.71. The number of benzene rings is 2. The average molecular weight is 389 g/mol. The highest BCUT2D eigenvalue weighted by atomic mass is 16.5. The van der Waals surface area contributed by atoms with Gasteiger partial charge in [-0.2, -0.15) is 0 Å². The molecule has 6 heteroatoms. The van der Waals surface area contributed by atoms with Gasteiger partial charge in [0.1, 0.15) is 16.9 Å². The summed E-state index contributed by atoms with van der Waals surface area (Å²) in [5, 5.41) is 1.05. The minimum Gasteiger partial charge on any atom is -0.494 e. The number of ether oxygens (including phenoxy) is 2. The van der Waals surface area contributed by atoms with Crippen molar-refractivity contribution in [3.05, 3.63) is 54.2 Å². The summed E-state index contributed by atoms with van der Waals surface area (Å²) in [6.45, 7) is 1.28. The van der Waals surface area contributed by atoms with E-state index in [1.54, 1.807) is 18.2 Å². The number of nitrogens with two attached hydrogens (primary N) is 1. The number of rotatable bonds is 2. The molecular weight excluding hydrogens is 366 g/mol. The van der Waals surface area contributed by atoms with Crippen LogP contribution in [-0.2, 0) is 6.42 Å². The van der Waals surface area contributed by atoms with Crippen molar-refractivity contribution in [2.24, 2.45) is 5.73 Å². The highest BCUT2D eigenvalue weighted by Gasteiger charge is 2.42. The predicted molar refractivity (Wildman–Crippen MR) is 111 cm³/mol. The van der Waals surface area contributed by atoms with E-state index in [1.165, 1.54) is 5.56 Å². The minimum absolute atomic E-state index is 0.234. The van der Waals surface area contributed by atoms with E-state index < -0.39 is 0 Å². The highest BCUT2D eigenvalue weighted by molar-refractivity contribution is 5.92. The molecular formula is C23H23N3O3. The molecule has 2 aliphatic heterocycles. The molecule has 2 aromatic carbocycles. The first-order valence-electron chi connectivity index (χ1n) is 9.87. The van der Waals surface area contributed by atoms with Crippen molar-refractivity contribution in [3.8, 4) is 22.6 Å². The number of carbonyl (C=O) groups is 1. The van der Waals surface area contributed by atoms with Crippen molar-refractivity contribution in [3.63, 3.8) is 0 Å². The van der Waals surface area contributed by atoms with Crippen LogP contribution < -0.4 is 15.2 Å². The van der Waals surface area contributed by atoms with Crippen molar-refractivity contribution in [1.29, 1.82) is 0 Å². The number of methoxy groups -OCH3 is 1. The van der Waals surface area contributed by atoms with Crippen LogP contribution in [0.5, 0.6) is 11.5 Å². The molecule has 0 radical (unpaired) electrons. The molecule has 1 spiro atoms. The number of aromatic nitrogens is 1. The standard InChI is InChI=1S/C23H23N3O3/c1-28-21-18(6-4-15-3-2-10-25-20(15)21)16-5-7-19-17(13-16)14-23(29-19)8-11-26(12-9-23)22(24)27/h2-7,10,13H,8-9,11-12,14H2,1H3,(H2,24,27). The maximum atomic E-state index is 11.4. The van der Waals surface area contributed by atoms with Crippen LogP contribution in [0.25, 0.3) is 22.0 Å². The number of nitrogens with zero attached hydrogens (tertiary/aromatic N) is 2. The molecule has 0 saturated carbocycles. The zero-order valence-electron chi connectivity index (χ0n) is 16.4. The third kappa shape index (κ3) is 2.95. The fraction of sp³-hybridized carbons (Fsp3) is 0.304. The molecule has 5 rings (SSSR count). The number of pyridine rings is 1. The van der Waals surface area contributed by atoms with Crippen LogP contribution in [0.2, 0.25) is 0 Å². The largest absolute Gasteiger partial charge is 0.494 e. The van der Waals surface area contributed by atoms with Crippen LogP contribution in [0.3, 0.4) is 0 Å². The number of primary amides is 1. The Bertz CT molecular complexity index is 1100. The summed E-state index contributed by atoms with van der Waals surface area (Å²) >= 11 is 0. The molecule has 3 aromatic rings. The van der Waals surface area contributed by atoms with Crippen molar-refractivity contribution < 1.29 is 14.3 Å². The van der Waals surface area contributed by atoms with E-state index in [2.05, 4.69) is 29.2 Å². The Balaban J connectivity index is 1.47. The first-order chi connectivity index (χ1) is 14.1. The Morgan fingerprint density at radius 2 is 2.03 bits per heavy atom. The molecule has 1 fully saturated rings. The van der Waals surface area contributed by atoms with Gasteiger partial charge in [0.05, 0.1) is 7.11 Å². The van der Waals surface area contributed by atoms with E-state index in [-0.39, 0.29) is 11.6 Å². The highest BCUT2D eigenvalue weighted by Crippen LogP contribution is 2.44. The van der Waals surface area contributed by atoms with Crippen molar-refractivity contribution >= 4 is 16.9 Å². The fourth-order valence-corrected chi connectivity index (χ4v) is 4.57. The van der Waals surface area contributed by atoms with Crippen LogP contribution in [0.15, 0.2) is 48.7 Å². The quantitative estimate of drug-likeness (QED) is 0.724. The molecule has 3 heterocycles. The molecule has 6 nitrogen and oxygen atoms in total. The van der Waals surface area contributed by atoms with Gasteiger partial charge in [-0.3, -0.25) is 4.98 Å². The number of amides is 2. The molecule has 0 unspecified atom stereocenters. The first kappa shape index (κ1) is 17.8. The summed E-state index contributed by atoms with van der Waals surface area (Å²) < 4.78 is 12.1. The molecule has 0 aliphatic carbocycles. The lowest BCUT2D eigenvalue weighted by Gasteiger charge is -2.37. The summed E-state index contributed by atoms with van der Waals surface area (Å²) in [5.41, 5.74) is 9.34. The summed E-state index contributed by atoms with van der Waals surface area (Å²) in [6.07, 6.45) is 4.22. The average Bonchev–Trinajstić information content (AvgIpc) is 3.09. The predicted octanol–water partition coefficient (Wildman–Crippen LogP) is 3.76. The maximum absolute atomic E-state index is 11.4. The van der Waals surface area contributed by atoms with Crippen LogP contribution in [0, 0.1) is 0 Å². The SMILES string of the molecule is COc1c(-c2ccc3c(c2)CC2(CCN(C(N)=O)CC2)O3)ccc2cccnc12. The van der Waals surface area contributed by atoms with E-state index in [9.17, 15) is 4.79 Å². The lowest BCUT2D eigenvalue weighted by Crippen LogP contribution is -2.50. The number of fused-ring (bicyclic) bond motifs is 2. The van der Waals surface area contributed by atoms with Crippen LogP contribution >= 0.6 is 0 Å².